The molecule has 30 heavy (non-hydrogen) atoms. The first-order valence-corrected chi connectivity index (χ1v) is 11.7. The van der Waals surface area contributed by atoms with Gasteiger partial charge in [-0.3, -0.25) is 14.4 Å². The van der Waals surface area contributed by atoms with Crippen molar-refractivity contribution in [2.45, 2.75) is 67.1 Å². The molecule has 1 spiro atoms. The van der Waals surface area contributed by atoms with Crippen molar-refractivity contribution in [1.82, 2.24) is 9.80 Å². The SMILES string of the molecule is C=CCN(C(=O)C1N(CCO)C(=O)[C@@H]2[C@H](C(=O)O)[C@H]3OC12CC3Br)C1CCCCC1. The van der Waals surface area contributed by atoms with Crippen molar-refractivity contribution >= 4 is 33.7 Å². The molecule has 4 rings (SSSR count). The van der Waals surface area contributed by atoms with Crippen LogP contribution in [0, 0.1) is 11.8 Å². The number of halogens is 1. The Kier molecular flexibility index (Phi) is 5.98. The van der Waals surface area contributed by atoms with Crippen molar-refractivity contribution in [2.24, 2.45) is 11.8 Å². The molecule has 4 fully saturated rings. The number of ether oxygens (including phenoxy) is 1. The van der Waals surface area contributed by atoms with Crippen LogP contribution in [0.15, 0.2) is 12.7 Å². The lowest BCUT2D eigenvalue weighted by Gasteiger charge is -2.40. The molecule has 0 aromatic carbocycles. The summed E-state index contributed by atoms with van der Waals surface area (Å²) in [7, 11) is 0. The minimum absolute atomic E-state index is 0.0204. The highest BCUT2D eigenvalue weighted by molar-refractivity contribution is 9.09. The molecule has 2 N–H and O–H groups in total. The van der Waals surface area contributed by atoms with E-state index in [0.29, 0.717) is 13.0 Å². The van der Waals surface area contributed by atoms with Gasteiger partial charge < -0.3 is 24.7 Å². The number of aliphatic hydroxyl groups excluding tert-OH is 1. The summed E-state index contributed by atoms with van der Waals surface area (Å²) in [5.74, 6) is -3.63. The second-order valence-electron chi connectivity index (χ2n) is 8.83. The lowest BCUT2D eigenvalue weighted by molar-refractivity contribution is -0.152. The fourth-order valence-corrected chi connectivity index (χ4v) is 7.09. The second kappa shape index (κ2) is 8.24. The standard InChI is InChI=1S/C21H29BrN2O6/c1-2-8-23(12-6-4-3-5-7-12)19(27)17-21-11-13(22)16(30-21)14(20(28)29)15(21)18(26)24(17)9-10-25/h2,12-17,25H,1,3-11H2,(H,28,29)/t13?,14-,15-,16-,17?,21?/m0/s1. The number of fused-ring (bicyclic) bond motifs is 1. The van der Waals surface area contributed by atoms with Crippen molar-refractivity contribution in [2.75, 3.05) is 19.7 Å². The summed E-state index contributed by atoms with van der Waals surface area (Å²) in [6.07, 6.45) is 6.48. The van der Waals surface area contributed by atoms with Crippen LogP contribution in [-0.4, -0.2) is 86.1 Å². The number of carbonyl (C=O) groups is 3. The Balaban J connectivity index is 1.74. The van der Waals surface area contributed by atoms with Gasteiger partial charge in [-0.1, -0.05) is 41.3 Å². The molecule has 166 valence electrons. The number of nitrogens with zero attached hydrogens (tertiary/aromatic N) is 2. The number of likely N-dealkylation sites (tertiary alicyclic amines) is 1. The van der Waals surface area contributed by atoms with Crippen LogP contribution in [0.4, 0.5) is 0 Å². The van der Waals surface area contributed by atoms with Gasteiger partial charge in [-0.05, 0) is 19.3 Å². The van der Waals surface area contributed by atoms with Crippen molar-refractivity contribution in [3.63, 3.8) is 0 Å². The van der Waals surface area contributed by atoms with Gasteiger partial charge in [0.15, 0.2) is 0 Å². The van der Waals surface area contributed by atoms with Gasteiger partial charge in [0.05, 0.1) is 24.5 Å². The Morgan fingerprint density at radius 1 is 1.33 bits per heavy atom. The van der Waals surface area contributed by atoms with Crippen LogP contribution in [0.5, 0.6) is 0 Å². The molecule has 3 aliphatic heterocycles. The van der Waals surface area contributed by atoms with E-state index in [1.165, 1.54) is 4.90 Å². The molecule has 0 radical (unpaired) electrons. The maximum absolute atomic E-state index is 13.9. The quantitative estimate of drug-likeness (QED) is 0.414. The predicted molar refractivity (Wildman–Crippen MR) is 111 cm³/mol. The van der Waals surface area contributed by atoms with E-state index >= 15 is 0 Å². The van der Waals surface area contributed by atoms with Gasteiger partial charge in [0.2, 0.25) is 11.8 Å². The van der Waals surface area contributed by atoms with Crippen LogP contribution in [0.2, 0.25) is 0 Å². The van der Waals surface area contributed by atoms with Crippen LogP contribution in [-0.2, 0) is 19.1 Å². The molecule has 0 aromatic heterocycles. The van der Waals surface area contributed by atoms with E-state index in [1.54, 1.807) is 11.0 Å². The maximum atomic E-state index is 13.9. The average molecular weight is 485 g/mol. The number of carbonyl (C=O) groups excluding carboxylic acids is 2. The number of hydrogen-bond donors (Lipinski definition) is 2. The van der Waals surface area contributed by atoms with Gasteiger partial charge in [-0.2, -0.15) is 0 Å². The second-order valence-corrected chi connectivity index (χ2v) is 10.0. The number of rotatable bonds is 7. The van der Waals surface area contributed by atoms with Gasteiger partial charge in [0.25, 0.3) is 0 Å². The molecule has 8 nitrogen and oxygen atoms in total. The Bertz CT molecular complexity index is 741. The summed E-state index contributed by atoms with van der Waals surface area (Å²) in [4.78, 5) is 42.2. The van der Waals surface area contributed by atoms with Crippen molar-refractivity contribution in [1.29, 1.82) is 0 Å². The number of amides is 2. The largest absolute Gasteiger partial charge is 0.481 e. The molecule has 9 heteroatoms. The van der Waals surface area contributed by atoms with Gasteiger partial charge in [0, 0.05) is 24.0 Å². The fourth-order valence-electron chi connectivity index (χ4n) is 6.15. The van der Waals surface area contributed by atoms with E-state index in [1.807, 2.05) is 0 Å². The molecule has 4 aliphatic rings. The van der Waals surface area contributed by atoms with E-state index in [4.69, 9.17) is 4.74 Å². The number of hydrogen-bond acceptors (Lipinski definition) is 5. The Labute approximate surface area is 184 Å². The van der Waals surface area contributed by atoms with E-state index in [9.17, 15) is 24.6 Å². The predicted octanol–water partition coefficient (Wildman–Crippen LogP) is 1.16. The van der Waals surface area contributed by atoms with Crippen LogP contribution in [0.25, 0.3) is 0 Å². The molecule has 2 bridgehead atoms. The summed E-state index contributed by atoms with van der Waals surface area (Å²) >= 11 is 3.53. The summed E-state index contributed by atoms with van der Waals surface area (Å²) < 4.78 is 6.22. The van der Waals surface area contributed by atoms with Gasteiger partial charge in [-0.15, -0.1) is 6.58 Å². The lowest BCUT2D eigenvalue weighted by atomic mass is 9.70. The average Bonchev–Trinajstić information content (AvgIpc) is 3.31. The Hall–Kier alpha value is -1.45. The molecule has 3 heterocycles. The summed E-state index contributed by atoms with van der Waals surface area (Å²) in [6, 6.07) is -0.863. The zero-order chi connectivity index (χ0) is 21.6. The highest BCUT2D eigenvalue weighted by atomic mass is 79.9. The first-order valence-electron chi connectivity index (χ1n) is 10.7. The molecule has 1 aliphatic carbocycles. The molecule has 2 amide bonds. The summed E-state index contributed by atoms with van der Waals surface area (Å²) in [5.41, 5.74) is -1.18. The van der Waals surface area contributed by atoms with Crippen LogP contribution in [0.1, 0.15) is 38.5 Å². The third-order valence-corrected chi connectivity index (χ3v) is 8.12. The Morgan fingerprint density at radius 3 is 2.63 bits per heavy atom. The smallest absolute Gasteiger partial charge is 0.310 e. The van der Waals surface area contributed by atoms with Crippen molar-refractivity contribution in [3.8, 4) is 0 Å². The van der Waals surface area contributed by atoms with Crippen LogP contribution in [0.3, 0.4) is 0 Å². The molecular weight excluding hydrogens is 456 g/mol. The number of aliphatic hydroxyl groups is 1. The normalized spacial score (nSPS) is 38.0. The van der Waals surface area contributed by atoms with Crippen molar-refractivity contribution in [3.05, 3.63) is 12.7 Å². The van der Waals surface area contributed by atoms with Crippen LogP contribution < -0.4 is 0 Å². The van der Waals surface area contributed by atoms with E-state index < -0.39 is 41.5 Å². The van der Waals surface area contributed by atoms with Gasteiger partial charge >= 0.3 is 5.97 Å². The first kappa shape index (κ1) is 21.8. The molecule has 1 saturated carbocycles. The number of carboxylic acids is 1. The number of carboxylic acid groups (broad SMARTS) is 1. The van der Waals surface area contributed by atoms with E-state index in [0.717, 1.165) is 32.1 Å². The number of β-amino-alcohol motifs (C(OH)–C–C–N with tert-alkyl or cyclic N) is 1. The third-order valence-electron chi connectivity index (χ3n) is 7.27. The molecule has 6 atom stereocenters. The molecule has 0 aromatic rings. The number of alkyl halides is 1. The third kappa shape index (κ3) is 3.12. The highest BCUT2D eigenvalue weighted by Crippen LogP contribution is 2.60. The number of aliphatic carboxylic acids is 1. The summed E-state index contributed by atoms with van der Waals surface area (Å²) in [6.45, 7) is 3.85. The molecule has 3 unspecified atom stereocenters. The monoisotopic (exact) mass is 484 g/mol. The minimum Gasteiger partial charge on any atom is -0.481 e. The first-order chi connectivity index (χ1) is 14.4. The zero-order valence-corrected chi connectivity index (χ0v) is 18.5. The zero-order valence-electron chi connectivity index (χ0n) is 16.9. The fraction of sp³-hybridized carbons (Fsp3) is 0.762. The van der Waals surface area contributed by atoms with Crippen molar-refractivity contribution < 1.29 is 29.3 Å². The van der Waals surface area contributed by atoms with E-state index in [2.05, 4.69) is 22.5 Å². The molecular formula is C21H29BrN2O6. The van der Waals surface area contributed by atoms with Gasteiger partial charge in [0.1, 0.15) is 11.6 Å². The van der Waals surface area contributed by atoms with E-state index in [-0.39, 0.29) is 29.9 Å². The maximum Gasteiger partial charge on any atom is 0.310 e. The van der Waals surface area contributed by atoms with Gasteiger partial charge in [-0.25, -0.2) is 0 Å². The minimum atomic E-state index is -1.18. The molecule has 3 saturated heterocycles. The highest BCUT2D eigenvalue weighted by Gasteiger charge is 2.76. The Morgan fingerprint density at radius 2 is 2.03 bits per heavy atom. The van der Waals surface area contributed by atoms with Crippen LogP contribution >= 0.6 is 15.9 Å². The lowest BCUT2D eigenvalue weighted by Crippen LogP contribution is -2.59. The summed E-state index contributed by atoms with van der Waals surface area (Å²) in [5, 5.41) is 19.4. The topological polar surface area (TPSA) is 107 Å².